The van der Waals surface area contributed by atoms with Crippen molar-refractivity contribution in [2.75, 3.05) is 0 Å². The van der Waals surface area contributed by atoms with Crippen LogP contribution in [0.5, 0.6) is 0 Å². The van der Waals surface area contributed by atoms with Crippen LogP contribution in [-0.2, 0) is 6.18 Å². The monoisotopic (exact) mass is 501 g/mol. The lowest BCUT2D eigenvalue weighted by molar-refractivity contribution is -0.141. The number of halogens is 6. The average Bonchev–Trinajstić information content (AvgIpc) is 3.14. The van der Waals surface area contributed by atoms with Crippen LogP contribution in [0.2, 0.25) is 15.1 Å². The average molecular weight is 503 g/mol. The Labute approximate surface area is 194 Å². The lowest BCUT2D eigenvalue weighted by Crippen LogP contribution is -2.26. The van der Waals surface area contributed by atoms with Gasteiger partial charge in [-0.2, -0.15) is 18.3 Å². The summed E-state index contributed by atoms with van der Waals surface area (Å²) >= 11 is 18.5. The molecule has 0 aliphatic heterocycles. The molecular weight excluding hydrogens is 490 g/mol. The summed E-state index contributed by atoms with van der Waals surface area (Å²) in [6.45, 7) is 3.40. The minimum absolute atomic E-state index is 0.0495. The van der Waals surface area contributed by atoms with Gasteiger partial charge in [-0.3, -0.25) is 9.36 Å². The van der Waals surface area contributed by atoms with Crippen LogP contribution in [0.1, 0.15) is 25.6 Å². The van der Waals surface area contributed by atoms with Crippen LogP contribution in [0.3, 0.4) is 0 Å². The number of pyridine rings is 1. The summed E-state index contributed by atoms with van der Waals surface area (Å²) in [6.07, 6.45) is -3.39. The van der Waals surface area contributed by atoms with Crippen molar-refractivity contribution in [3.63, 3.8) is 0 Å². The van der Waals surface area contributed by atoms with Crippen LogP contribution in [0, 0.1) is 0 Å². The van der Waals surface area contributed by atoms with E-state index in [1.165, 1.54) is 35.0 Å². The number of fused-ring (bicyclic) bond motifs is 1. The van der Waals surface area contributed by atoms with Crippen molar-refractivity contribution in [1.82, 2.24) is 24.3 Å². The molecule has 4 rings (SSSR count). The predicted octanol–water partition coefficient (Wildman–Crippen LogP) is 6.20. The molecular formula is C20H13Cl3F3N5O. The quantitative estimate of drug-likeness (QED) is 0.334. The first kappa shape index (κ1) is 22.6. The highest BCUT2D eigenvalue weighted by Gasteiger charge is 2.36. The van der Waals surface area contributed by atoms with E-state index in [0.717, 1.165) is 10.7 Å². The summed E-state index contributed by atoms with van der Waals surface area (Å²) < 4.78 is 42.8. The molecule has 12 heteroatoms. The molecule has 1 aromatic carbocycles. The van der Waals surface area contributed by atoms with E-state index in [-0.39, 0.29) is 43.3 Å². The molecule has 0 unspecified atom stereocenters. The van der Waals surface area contributed by atoms with E-state index in [1.54, 1.807) is 13.8 Å². The second kappa shape index (κ2) is 8.06. The van der Waals surface area contributed by atoms with Crippen molar-refractivity contribution in [2.45, 2.75) is 26.1 Å². The van der Waals surface area contributed by atoms with Crippen molar-refractivity contribution < 1.29 is 13.2 Å². The second-order valence-corrected chi connectivity index (χ2v) is 8.37. The summed E-state index contributed by atoms with van der Waals surface area (Å²) in [4.78, 5) is 21.8. The van der Waals surface area contributed by atoms with E-state index in [0.29, 0.717) is 0 Å². The first-order valence-electron chi connectivity index (χ1n) is 9.19. The number of nitrogens with zero attached hydrogens (tertiary/aromatic N) is 5. The summed E-state index contributed by atoms with van der Waals surface area (Å²) in [5.41, 5.74) is -1.74. The van der Waals surface area contributed by atoms with Gasteiger partial charge < -0.3 is 0 Å². The maximum Gasteiger partial charge on any atom is 0.435 e. The van der Waals surface area contributed by atoms with E-state index in [1.807, 2.05) is 0 Å². The zero-order chi connectivity index (χ0) is 23.4. The fraction of sp³-hybridized carbons (Fsp3) is 0.200. The molecule has 0 amide bonds. The Hall–Kier alpha value is -2.62. The smallest absolute Gasteiger partial charge is 0.288 e. The fourth-order valence-corrected chi connectivity index (χ4v) is 4.00. The van der Waals surface area contributed by atoms with Gasteiger partial charge in [-0.15, -0.1) is 0 Å². The topological polar surface area (TPSA) is 65.6 Å². The van der Waals surface area contributed by atoms with E-state index < -0.39 is 23.5 Å². The highest BCUT2D eigenvalue weighted by molar-refractivity contribution is 6.38. The second-order valence-electron chi connectivity index (χ2n) is 7.12. The van der Waals surface area contributed by atoms with Crippen LogP contribution in [-0.4, -0.2) is 24.3 Å². The van der Waals surface area contributed by atoms with Crippen LogP contribution in [0.25, 0.3) is 28.2 Å². The highest BCUT2D eigenvalue weighted by atomic mass is 35.5. The molecule has 4 aromatic rings. The van der Waals surface area contributed by atoms with Gasteiger partial charge in [0.1, 0.15) is 5.69 Å². The summed E-state index contributed by atoms with van der Waals surface area (Å²) in [5, 5.41) is 4.19. The van der Waals surface area contributed by atoms with Crippen molar-refractivity contribution in [2.24, 2.45) is 0 Å². The van der Waals surface area contributed by atoms with Crippen molar-refractivity contribution >= 4 is 45.7 Å². The normalized spacial score (nSPS) is 12.2. The molecule has 0 bridgehead atoms. The molecule has 0 spiro atoms. The van der Waals surface area contributed by atoms with Gasteiger partial charge in [0.05, 0.1) is 20.9 Å². The van der Waals surface area contributed by atoms with Gasteiger partial charge in [0.15, 0.2) is 17.3 Å². The zero-order valence-corrected chi connectivity index (χ0v) is 18.7. The number of hydrogen-bond acceptors (Lipinski definition) is 4. The van der Waals surface area contributed by atoms with Crippen molar-refractivity contribution in [3.8, 4) is 17.3 Å². The lowest BCUT2D eigenvalue weighted by atomic mass is 10.2. The Balaban J connectivity index is 2.15. The molecule has 32 heavy (non-hydrogen) atoms. The molecule has 0 aliphatic carbocycles. The lowest BCUT2D eigenvalue weighted by Gasteiger charge is -2.18. The molecule has 0 saturated heterocycles. The van der Waals surface area contributed by atoms with Gasteiger partial charge in [0.25, 0.3) is 5.56 Å². The van der Waals surface area contributed by atoms with Crippen molar-refractivity contribution in [3.05, 3.63) is 67.6 Å². The minimum atomic E-state index is -4.76. The number of alkyl halides is 3. The third-order valence-electron chi connectivity index (χ3n) is 4.61. The van der Waals surface area contributed by atoms with Gasteiger partial charge in [0.2, 0.25) is 0 Å². The van der Waals surface area contributed by atoms with Crippen LogP contribution < -0.4 is 5.56 Å². The van der Waals surface area contributed by atoms with Crippen LogP contribution in [0.4, 0.5) is 13.2 Å². The largest absolute Gasteiger partial charge is 0.435 e. The molecule has 0 saturated carbocycles. The first-order valence-corrected chi connectivity index (χ1v) is 10.3. The maximum atomic E-state index is 13.6. The Kier molecular flexibility index (Phi) is 5.68. The van der Waals surface area contributed by atoms with Gasteiger partial charge in [-0.1, -0.05) is 34.8 Å². The summed E-state index contributed by atoms with van der Waals surface area (Å²) in [6, 6.07) is 6.13. The molecule has 0 aliphatic rings. The van der Waals surface area contributed by atoms with Gasteiger partial charge in [-0.25, -0.2) is 14.6 Å². The summed E-state index contributed by atoms with van der Waals surface area (Å²) in [7, 11) is 0. The minimum Gasteiger partial charge on any atom is -0.288 e. The van der Waals surface area contributed by atoms with Crippen LogP contribution in [0.15, 0.2) is 41.3 Å². The molecule has 0 fully saturated rings. The Morgan fingerprint density at radius 2 is 1.78 bits per heavy atom. The standard InChI is InChI=1S/C20H13Cl3F3N5O/c1-9(2)30-18(28-16-11(19(30)32)6-10(21)7-13(16)23)14-8-15(20(24,25)26)29-31(14)17-12(22)4-3-5-27-17/h3-9H,1-2H3. The van der Waals surface area contributed by atoms with Crippen molar-refractivity contribution in [1.29, 1.82) is 0 Å². The molecule has 0 atom stereocenters. The third kappa shape index (κ3) is 3.85. The van der Waals surface area contributed by atoms with Gasteiger partial charge in [-0.05, 0) is 38.1 Å². The number of aromatic nitrogens is 5. The molecule has 166 valence electrons. The van der Waals surface area contributed by atoms with Crippen LogP contribution >= 0.6 is 34.8 Å². The summed E-state index contributed by atoms with van der Waals surface area (Å²) in [5.74, 6) is -0.127. The molecule has 0 radical (unpaired) electrons. The molecule has 3 aromatic heterocycles. The van der Waals surface area contributed by atoms with E-state index in [2.05, 4.69) is 15.1 Å². The number of hydrogen-bond donors (Lipinski definition) is 0. The third-order valence-corrected chi connectivity index (χ3v) is 5.41. The Bertz CT molecular complexity index is 1410. The number of rotatable bonds is 3. The molecule has 3 heterocycles. The zero-order valence-electron chi connectivity index (χ0n) is 16.5. The Morgan fingerprint density at radius 3 is 2.41 bits per heavy atom. The molecule has 6 nitrogen and oxygen atoms in total. The van der Waals surface area contributed by atoms with Gasteiger partial charge >= 0.3 is 6.18 Å². The SMILES string of the molecule is CC(C)n1c(-c2cc(C(F)(F)F)nn2-c2ncccc2Cl)nc2c(Cl)cc(Cl)cc2c1=O. The molecule has 0 N–H and O–H groups in total. The maximum absolute atomic E-state index is 13.6. The highest BCUT2D eigenvalue weighted by Crippen LogP contribution is 2.35. The van der Waals surface area contributed by atoms with Gasteiger partial charge in [0, 0.05) is 23.3 Å². The Morgan fingerprint density at radius 1 is 1.06 bits per heavy atom. The fourth-order valence-electron chi connectivity index (χ4n) is 3.26. The van der Waals surface area contributed by atoms with E-state index in [9.17, 15) is 18.0 Å². The first-order chi connectivity index (χ1) is 15.0. The predicted molar refractivity (Wildman–Crippen MR) is 117 cm³/mol. The van der Waals surface area contributed by atoms with E-state index >= 15 is 0 Å². The number of benzene rings is 1. The van der Waals surface area contributed by atoms with E-state index in [4.69, 9.17) is 34.8 Å².